The van der Waals surface area contributed by atoms with Gasteiger partial charge in [-0.15, -0.1) is 0 Å². The third-order valence-corrected chi connectivity index (χ3v) is 6.54. The smallest absolute Gasteiger partial charge is 0.333 e. The van der Waals surface area contributed by atoms with Crippen LogP contribution >= 0.6 is 0 Å². The molecule has 0 spiro atoms. The van der Waals surface area contributed by atoms with Crippen LogP contribution < -0.4 is 20.9 Å². The second-order valence-corrected chi connectivity index (χ2v) is 8.96. The maximum absolute atomic E-state index is 12.3. The zero-order valence-corrected chi connectivity index (χ0v) is 18.6. The molecule has 0 bridgehead atoms. The molecule has 6 nitrogen and oxygen atoms in total. The van der Waals surface area contributed by atoms with Crippen molar-refractivity contribution in [3.63, 3.8) is 0 Å². The molecule has 3 aromatic rings. The van der Waals surface area contributed by atoms with Gasteiger partial charge in [0.15, 0.2) is 0 Å². The van der Waals surface area contributed by atoms with Gasteiger partial charge in [-0.2, -0.15) is 0 Å². The number of rotatable bonds is 6. The molecular formula is C26H29N3O3. The SMILES string of the molecule is CC(C)C1(C)CC1NC(=O)NNC(=O)c1ccc(COc2ccc3ccccc3c2)cc1. The summed E-state index contributed by atoms with van der Waals surface area (Å²) < 4.78 is 5.89. The van der Waals surface area contributed by atoms with Crippen LogP contribution in [0.25, 0.3) is 10.8 Å². The van der Waals surface area contributed by atoms with Crippen LogP contribution in [-0.2, 0) is 6.61 Å². The van der Waals surface area contributed by atoms with Gasteiger partial charge >= 0.3 is 6.03 Å². The summed E-state index contributed by atoms with van der Waals surface area (Å²) in [6, 6.07) is 21.0. The van der Waals surface area contributed by atoms with Crippen LogP contribution in [-0.4, -0.2) is 18.0 Å². The lowest BCUT2D eigenvalue weighted by Gasteiger charge is -2.16. The second kappa shape index (κ2) is 8.91. The van der Waals surface area contributed by atoms with Crippen LogP contribution in [0.3, 0.4) is 0 Å². The first-order chi connectivity index (χ1) is 15.3. The molecule has 0 radical (unpaired) electrons. The van der Waals surface area contributed by atoms with Crippen molar-refractivity contribution in [2.24, 2.45) is 11.3 Å². The van der Waals surface area contributed by atoms with Gasteiger partial charge in [-0.05, 0) is 58.4 Å². The molecule has 0 aromatic heterocycles. The molecule has 4 rings (SSSR count). The van der Waals surface area contributed by atoms with Gasteiger partial charge in [0, 0.05) is 11.6 Å². The molecule has 2 atom stereocenters. The van der Waals surface area contributed by atoms with E-state index in [-0.39, 0.29) is 17.4 Å². The maximum atomic E-state index is 12.3. The molecule has 6 heteroatoms. The Morgan fingerprint density at radius 3 is 2.41 bits per heavy atom. The highest BCUT2D eigenvalue weighted by atomic mass is 16.5. The summed E-state index contributed by atoms with van der Waals surface area (Å²) >= 11 is 0. The summed E-state index contributed by atoms with van der Waals surface area (Å²) in [6.07, 6.45) is 0.953. The lowest BCUT2D eigenvalue weighted by atomic mass is 9.94. The van der Waals surface area contributed by atoms with Crippen molar-refractivity contribution >= 4 is 22.7 Å². The van der Waals surface area contributed by atoms with Gasteiger partial charge in [-0.25, -0.2) is 10.2 Å². The topological polar surface area (TPSA) is 79.5 Å². The van der Waals surface area contributed by atoms with E-state index in [1.165, 1.54) is 5.39 Å². The lowest BCUT2D eigenvalue weighted by Crippen LogP contribution is -2.48. The molecule has 0 aliphatic heterocycles. The predicted molar refractivity (Wildman–Crippen MR) is 125 cm³/mol. The van der Waals surface area contributed by atoms with E-state index >= 15 is 0 Å². The molecule has 3 N–H and O–H groups in total. The van der Waals surface area contributed by atoms with E-state index in [2.05, 4.69) is 49.1 Å². The molecule has 0 heterocycles. The fourth-order valence-electron chi connectivity index (χ4n) is 3.79. The van der Waals surface area contributed by atoms with Crippen LogP contribution in [0, 0.1) is 11.3 Å². The van der Waals surface area contributed by atoms with Gasteiger partial charge < -0.3 is 10.1 Å². The normalized spacial score (nSPS) is 19.4. The Kier molecular flexibility index (Phi) is 6.04. The van der Waals surface area contributed by atoms with Crippen molar-refractivity contribution < 1.29 is 14.3 Å². The van der Waals surface area contributed by atoms with Crippen molar-refractivity contribution in [2.75, 3.05) is 0 Å². The second-order valence-electron chi connectivity index (χ2n) is 8.96. The highest BCUT2D eigenvalue weighted by Crippen LogP contribution is 2.51. The van der Waals surface area contributed by atoms with Crippen molar-refractivity contribution in [1.82, 2.24) is 16.2 Å². The van der Waals surface area contributed by atoms with Gasteiger partial charge in [0.1, 0.15) is 12.4 Å². The van der Waals surface area contributed by atoms with Crippen molar-refractivity contribution in [1.29, 1.82) is 0 Å². The number of nitrogens with one attached hydrogen (secondary N) is 3. The van der Waals surface area contributed by atoms with Gasteiger partial charge in [0.05, 0.1) is 0 Å². The molecule has 0 saturated heterocycles. The summed E-state index contributed by atoms with van der Waals surface area (Å²) in [7, 11) is 0. The Hall–Kier alpha value is -3.54. The summed E-state index contributed by atoms with van der Waals surface area (Å²) in [5.41, 5.74) is 6.42. The largest absolute Gasteiger partial charge is 0.489 e. The number of ether oxygens (including phenoxy) is 1. The number of urea groups is 1. The minimum Gasteiger partial charge on any atom is -0.489 e. The highest BCUT2D eigenvalue weighted by Gasteiger charge is 2.52. The van der Waals surface area contributed by atoms with E-state index in [0.29, 0.717) is 18.1 Å². The zero-order valence-electron chi connectivity index (χ0n) is 18.6. The number of hydrogen-bond donors (Lipinski definition) is 3. The molecule has 3 amide bonds. The van der Waals surface area contributed by atoms with Gasteiger partial charge in [0.25, 0.3) is 5.91 Å². The average molecular weight is 432 g/mol. The summed E-state index contributed by atoms with van der Waals surface area (Å²) in [4.78, 5) is 24.4. The zero-order chi connectivity index (χ0) is 22.7. The van der Waals surface area contributed by atoms with E-state index in [1.807, 2.05) is 42.5 Å². The number of amides is 3. The van der Waals surface area contributed by atoms with Gasteiger partial charge in [0.2, 0.25) is 0 Å². The monoisotopic (exact) mass is 431 g/mol. The first-order valence-corrected chi connectivity index (χ1v) is 10.9. The first-order valence-electron chi connectivity index (χ1n) is 10.9. The summed E-state index contributed by atoms with van der Waals surface area (Å²) in [5.74, 6) is 0.917. The van der Waals surface area contributed by atoms with E-state index in [9.17, 15) is 9.59 Å². The molecule has 3 aromatic carbocycles. The van der Waals surface area contributed by atoms with E-state index in [0.717, 1.165) is 23.1 Å². The molecule has 1 saturated carbocycles. The fraction of sp³-hybridized carbons (Fsp3) is 0.308. The molecular weight excluding hydrogens is 402 g/mol. The number of carbonyl (C=O) groups excluding carboxylic acids is 2. The van der Waals surface area contributed by atoms with Crippen LogP contribution in [0.4, 0.5) is 4.79 Å². The fourth-order valence-corrected chi connectivity index (χ4v) is 3.79. The third-order valence-electron chi connectivity index (χ3n) is 6.54. The number of benzene rings is 3. The van der Waals surface area contributed by atoms with Crippen LogP contribution in [0.15, 0.2) is 66.7 Å². The van der Waals surface area contributed by atoms with E-state index in [1.54, 1.807) is 12.1 Å². The van der Waals surface area contributed by atoms with E-state index < -0.39 is 6.03 Å². The Morgan fingerprint density at radius 1 is 1.00 bits per heavy atom. The highest BCUT2D eigenvalue weighted by molar-refractivity contribution is 5.95. The van der Waals surface area contributed by atoms with Gasteiger partial charge in [-0.3, -0.25) is 10.2 Å². The van der Waals surface area contributed by atoms with Crippen molar-refractivity contribution in [2.45, 2.75) is 39.8 Å². The number of hydrogen-bond acceptors (Lipinski definition) is 3. The average Bonchev–Trinajstić information content (AvgIpc) is 3.46. The van der Waals surface area contributed by atoms with Crippen LogP contribution in [0.5, 0.6) is 5.75 Å². The predicted octanol–water partition coefficient (Wildman–Crippen LogP) is 4.80. The lowest BCUT2D eigenvalue weighted by molar-refractivity contribution is 0.0936. The molecule has 1 fully saturated rings. The number of carbonyl (C=O) groups is 2. The Labute approximate surface area is 188 Å². The Balaban J connectivity index is 1.24. The standard InChI is InChI=1S/C26H29N3O3/c1-17(2)26(3)15-23(26)27-25(31)29-28-24(30)20-10-8-18(9-11-20)16-32-22-13-12-19-6-4-5-7-21(19)14-22/h4-14,17,23H,15-16H2,1-3H3,(H,28,30)(H2,27,29,31). The molecule has 2 unspecified atom stereocenters. The number of fused-ring (bicyclic) bond motifs is 1. The molecule has 1 aliphatic rings. The summed E-state index contributed by atoms with van der Waals surface area (Å²) in [6.45, 7) is 6.86. The first kappa shape index (κ1) is 21.7. The van der Waals surface area contributed by atoms with Crippen molar-refractivity contribution in [3.05, 3.63) is 77.9 Å². The summed E-state index contributed by atoms with van der Waals surface area (Å²) in [5, 5.41) is 5.20. The van der Waals surface area contributed by atoms with Crippen LogP contribution in [0.1, 0.15) is 43.1 Å². The maximum Gasteiger partial charge on any atom is 0.333 e. The molecule has 32 heavy (non-hydrogen) atoms. The quantitative estimate of drug-likeness (QED) is 0.491. The molecule has 166 valence electrons. The third kappa shape index (κ3) is 4.85. The minimum atomic E-state index is -0.395. The minimum absolute atomic E-state index is 0.131. The van der Waals surface area contributed by atoms with Gasteiger partial charge in [-0.1, -0.05) is 63.2 Å². The van der Waals surface area contributed by atoms with E-state index in [4.69, 9.17) is 4.74 Å². The van der Waals surface area contributed by atoms with Crippen LogP contribution in [0.2, 0.25) is 0 Å². The van der Waals surface area contributed by atoms with Crippen molar-refractivity contribution in [3.8, 4) is 5.75 Å². The molecule has 1 aliphatic carbocycles. The number of hydrazine groups is 1. The Morgan fingerprint density at radius 2 is 1.72 bits per heavy atom. The Bertz CT molecular complexity index is 1130.